The van der Waals surface area contributed by atoms with E-state index in [2.05, 4.69) is 26.7 Å². The molecule has 0 aromatic carbocycles. The Balaban J connectivity index is 2.48. The maximum absolute atomic E-state index is 10.2. The monoisotopic (exact) mass is 176 g/mol. The van der Waals surface area contributed by atoms with Gasteiger partial charge in [0.25, 0.3) is 0 Å². The SMILES string of the molecule is C#CC1(O)C=C(C)C2CC1C2(C)C. The first-order valence-corrected chi connectivity index (χ1v) is 4.81. The van der Waals surface area contributed by atoms with Crippen LogP contribution in [0, 0.1) is 29.6 Å². The zero-order chi connectivity index (χ0) is 9.85. The van der Waals surface area contributed by atoms with Gasteiger partial charge in [-0.2, -0.15) is 0 Å². The lowest BCUT2D eigenvalue weighted by atomic mass is 9.45. The highest BCUT2D eigenvalue weighted by atomic mass is 16.3. The lowest BCUT2D eigenvalue weighted by Gasteiger charge is -2.60. The molecule has 13 heavy (non-hydrogen) atoms. The van der Waals surface area contributed by atoms with Gasteiger partial charge in [0.15, 0.2) is 0 Å². The molecule has 3 aliphatic carbocycles. The van der Waals surface area contributed by atoms with E-state index < -0.39 is 5.60 Å². The summed E-state index contributed by atoms with van der Waals surface area (Å²) in [6, 6.07) is 0. The summed E-state index contributed by atoms with van der Waals surface area (Å²) in [6.45, 7) is 6.47. The van der Waals surface area contributed by atoms with Gasteiger partial charge in [0.1, 0.15) is 5.60 Å². The number of hydrogen-bond acceptors (Lipinski definition) is 1. The fourth-order valence-electron chi connectivity index (χ4n) is 3.14. The van der Waals surface area contributed by atoms with Crippen molar-refractivity contribution in [2.75, 3.05) is 0 Å². The first-order chi connectivity index (χ1) is 5.92. The predicted molar refractivity (Wildman–Crippen MR) is 52.9 cm³/mol. The van der Waals surface area contributed by atoms with E-state index >= 15 is 0 Å². The third-order valence-electron chi connectivity index (χ3n) is 4.03. The summed E-state index contributed by atoms with van der Waals surface area (Å²) in [4.78, 5) is 0. The summed E-state index contributed by atoms with van der Waals surface area (Å²) in [6.07, 6.45) is 8.32. The van der Waals surface area contributed by atoms with Crippen LogP contribution in [0.15, 0.2) is 11.6 Å². The molecule has 1 nitrogen and oxygen atoms in total. The summed E-state index contributed by atoms with van der Waals surface area (Å²) in [5.74, 6) is 3.41. The average Bonchev–Trinajstić information content (AvgIpc) is 2.02. The largest absolute Gasteiger partial charge is 0.374 e. The van der Waals surface area contributed by atoms with E-state index in [1.54, 1.807) is 0 Å². The number of terminal acetylenes is 1. The zero-order valence-corrected chi connectivity index (χ0v) is 8.46. The van der Waals surface area contributed by atoms with Crippen LogP contribution >= 0.6 is 0 Å². The molecule has 1 fully saturated rings. The van der Waals surface area contributed by atoms with Crippen LogP contribution in [-0.2, 0) is 0 Å². The topological polar surface area (TPSA) is 20.2 Å². The molecule has 70 valence electrons. The lowest BCUT2D eigenvalue weighted by molar-refractivity contribution is -0.108. The molecular formula is C12H16O. The summed E-state index contributed by atoms with van der Waals surface area (Å²) >= 11 is 0. The minimum Gasteiger partial charge on any atom is -0.374 e. The molecule has 1 saturated carbocycles. The minimum atomic E-state index is -0.984. The molecule has 0 amide bonds. The second kappa shape index (κ2) is 2.19. The van der Waals surface area contributed by atoms with Gasteiger partial charge in [0, 0.05) is 5.92 Å². The molecule has 1 N–H and O–H groups in total. The van der Waals surface area contributed by atoms with E-state index in [1.165, 1.54) is 5.57 Å². The predicted octanol–water partition coefficient (Wildman–Crippen LogP) is 1.97. The molecule has 0 heterocycles. The van der Waals surface area contributed by atoms with Crippen LogP contribution in [0.4, 0.5) is 0 Å². The fraction of sp³-hybridized carbons (Fsp3) is 0.667. The second-order valence-electron chi connectivity index (χ2n) is 5.02. The molecule has 0 aliphatic heterocycles. The van der Waals surface area contributed by atoms with Gasteiger partial charge in [-0.15, -0.1) is 6.42 Å². The van der Waals surface area contributed by atoms with Crippen molar-refractivity contribution in [3.63, 3.8) is 0 Å². The van der Waals surface area contributed by atoms with Gasteiger partial charge < -0.3 is 5.11 Å². The van der Waals surface area contributed by atoms with Crippen molar-refractivity contribution < 1.29 is 5.11 Å². The van der Waals surface area contributed by atoms with Crippen molar-refractivity contribution in [1.29, 1.82) is 0 Å². The smallest absolute Gasteiger partial charge is 0.147 e. The van der Waals surface area contributed by atoms with Crippen molar-refractivity contribution in [2.45, 2.75) is 32.8 Å². The molecule has 0 spiro atoms. The third-order valence-corrected chi connectivity index (χ3v) is 4.03. The zero-order valence-electron chi connectivity index (χ0n) is 8.46. The quantitative estimate of drug-likeness (QED) is 0.442. The number of hydrogen-bond donors (Lipinski definition) is 1. The normalized spacial score (nSPS) is 45.9. The summed E-state index contributed by atoms with van der Waals surface area (Å²) in [5.41, 5.74) is 0.454. The van der Waals surface area contributed by atoms with Crippen molar-refractivity contribution in [1.82, 2.24) is 0 Å². The van der Waals surface area contributed by atoms with Crippen LogP contribution in [0.25, 0.3) is 0 Å². The number of fused-ring (bicyclic) bond motifs is 1. The maximum atomic E-state index is 10.2. The minimum absolute atomic E-state index is 0.181. The van der Waals surface area contributed by atoms with Gasteiger partial charge in [0.05, 0.1) is 0 Å². The van der Waals surface area contributed by atoms with Crippen LogP contribution in [0.3, 0.4) is 0 Å². The Hall–Kier alpha value is -0.740. The molecule has 0 aromatic rings. The van der Waals surface area contributed by atoms with Gasteiger partial charge >= 0.3 is 0 Å². The summed E-state index contributed by atoms with van der Waals surface area (Å²) in [5, 5.41) is 10.2. The number of allylic oxidation sites excluding steroid dienone is 1. The highest BCUT2D eigenvalue weighted by molar-refractivity contribution is 5.37. The molecule has 3 aliphatic rings. The molecule has 3 atom stereocenters. The van der Waals surface area contributed by atoms with Gasteiger partial charge in [-0.05, 0) is 30.8 Å². The Morgan fingerprint density at radius 3 is 2.62 bits per heavy atom. The molecule has 1 heteroatoms. The van der Waals surface area contributed by atoms with Gasteiger partial charge in [-0.25, -0.2) is 0 Å². The molecule has 3 rings (SSSR count). The van der Waals surface area contributed by atoms with Gasteiger partial charge in [-0.3, -0.25) is 0 Å². The maximum Gasteiger partial charge on any atom is 0.147 e. The van der Waals surface area contributed by atoms with Crippen molar-refractivity contribution in [3.8, 4) is 12.3 Å². The Bertz CT molecular complexity index is 319. The molecule has 0 radical (unpaired) electrons. The molecule has 3 unspecified atom stereocenters. The van der Waals surface area contributed by atoms with E-state index in [4.69, 9.17) is 6.42 Å². The van der Waals surface area contributed by atoms with Crippen LogP contribution in [-0.4, -0.2) is 10.7 Å². The van der Waals surface area contributed by atoms with E-state index in [9.17, 15) is 5.11 Å². The molecule has 0 aromatic heterocycles. The first kappa shape index (κ1) is 8.84. The number of rotatable bonds is 0. The summed E-state index contributed by atoms with van der Waals surface area (Å²) < 4.78 is 0. The third kappa shape index (κ3) is 0.873. The van der Waals surface area contributed by atoms with E-state index in [1.807, 2.05) is 6.08 Å². The second-order valence-corrected chi connectivity index (χ2v) is 5.02. The average molecular weight is 176 g/mol. The van der Waals surface area contributed by atoms with E-state index in [0.29, 0.717) is 5.92 Å². The van der Waals surface area contributed by atoms with E-state index in [-0.39, 0.29) is 11.3 Å². The first-order valence-electron chi connectivity index (χ1n) is 4.81. The fourth-order valence-corrected chi connectivity index (χ4v) is 3.14. The highest BCUT2D eigenvalue weighted by Gasteiger charge is 2.59. The van der Waals surface area contributed by atoms with Crippen LogP contribution in [0.2, 0.25) is 0 Å². The summed E-state index contributed by atoms with van der Waals surface area (Å²) in [7, 11) is 0. The van der Waals surface area contributed by atoms with E-state index in [0.717, 1.165) is 6.42 Å². The molecule has 0 saturated heterocycles. The Kier molecular flexibility index (Phi) is 1.49. The molecular weight excluding hydrogens is 160 g/mol. The lowest BCUT2D eigenvalue weighted by Crippen LogP contribution is -2.59. The van der Waals surface area contributed by atoms with Crippen LogP contribution in [0.5, 0.6) is 0 Å². The van der Waals surface area contributed by atoms with Gasteiger partial charge in [0.2, 0.25) is 0 Å². The molecule has 2 bridgehead atoms. The standard InChI is InChI=1S/C12H16O/c1-5-12(13)7-8(2)9-6-10(12)11(9,3)4/h1,7,9-10,13H,6H2,2-4H3. The van der Waals surface area contributed by atoms with Crippen LogP contribution < -0.4 is 0 Å². The number of aliphatic hydroxyl groups is 1. The van der Waals surface area contributed by atoms with Crippen molar-refractivity contribution in [2.24, 2.45) is 17.3 Å². The highest BCUT2D eigenvalue weighted by Crippen LogP contribution is 2.62. The van der Waals surface area contributed by atoms with Crippen molar-refractivity contribution in [3.05, 3.63) is 11.6 Å². The Morgan fingerprint density at radius 2 is 2.23 bits per heavy atom. The van der Waals surface area contributed by atoms with Crippen LogP contribution in [0.1, 0.15) is 27.2 Å². The van der Waals surface area contributed by atoms with Gasteiger partial charge in [-0.1, -0.05) is 25.3 Å². The Labute approximate surface area is 79.8 Å². The van der Waals surface area contributed by atoms with Crippen molar-refractivity contribution >= 4 is 0 Å². The Morgan fingerprint density at radius 1 is 1.62 bits per heavy atom.